The van der Waals surface area contributed by atoms with Crippen LogP contribution in [0.15, 0.2) is 36.4 Å². The Balaban J connectivity index is 1.42. The Morgan fingerprint density at radius 3 is 2.73 bits per heavy atom. The maximum absolute atomic E-state index is 14.2. The van der Waals surface area contributed by atoms with Crippen molar-refractivity contribution in [3.05, 3.63) is 53.3 Å². The van der Waals surface area contributed by atoms with Crippen molar-refractivity contribution in [3.63, 3.8) is 0 Å². The number of imide groups is 1. The number of nitrogens with zero attached hydrogens (tertiary/aromatic N) is 1. The van der Waals surface area contributed by atoms with Gasteiger partial charge in [0.1, 0.15) is 11.4 Å². The molecule has 5 atom stereocenters. The minimum atomic E-state index is -1.65. The number of benzene rings is 2. The number of carbonyl (C=O) groups is 3. The van der Waals surface area contributed by atoms with Crippen molar-refractivity contribution in [1.82, 2.24) is 10.2 Å². The average molecular weight is 453 g/mol. The third-order valence-corrected chi connectivity index (χ3v) is 7.00. The van der Waals surface area contributed by atoms with Crippen molar-refractivity contribution in [2.45, 2.75) is 31.2 Å². The third-order valence-electron chi connectivity index (χ3n) is 7.00. The molecule has 10 heteroatoms. The van der Waals surface area contributed by atoms with Gasteiger partial charge in [-0.05, 0) is 42.8 Å². The molecule has 4 aliphatic rings. The summed E-state index contributed by atoms with van der Waals surface area (Å²) in [5.74, 6) is -3.17. The van der Waals surface area contributed by atoms with E-state index in [4.69, 9.17) is 9.47 Å². The van der Waals surface area contributed by atoms with Crippen LogP contribution in [0.2, 0.25) is 0 Å². The molecule has 9 nitrogen and oxygen atoms in total. The topological polar surface area (TPSA) is 117 Å². The van der Waals surface area contributed by atoms with E-state index in [-0.39, 0.29) is 18.9 Å². The van der Waals surface area contributed by atoms with Gasteiger partial charge in [0.05, 0.1) is 24.5 Å². The van der Waals surface area contributed by atoms with Gasteiger partial charge < -0.3 is 19.9 Å². The van der Waals surface area contributed by atoms with E-state index in [1.807, 2.05) is 0 Å². The van der Waals surface area contributed by atoms with Crippen LogP contribution >= 0.6 is 0 Å². The van der Waals surface area contributed by atoms with Gasteiger partial charge in [-0.2, -0.15) is 0 Å². The molecule has 170 valence electrons. The molecule has 3 amide bonds. The molecular weight excluding hydrogens is 433 g/mol. The molecule has 33 heavy (non-hydrogen) atoms. The lowest BCUT2D eigenvalue weighted by Crippen LogP contribution is -2.54. The number of ether oxygens (including phenoxy) is 2. The number of anilines is 1. The van der Waals surface area contributed by atoms with Crippen molar-refractivity contribution in [3.8, 4) is 11.5 Å². The summed E-state index contributed by atoms with van der Waals surface area (Å²) in [7, 11) is 0. The first-order chi connectivity index (χ1) is 15.8. The minimum absolute atomic E-state index is 0.0262. The molecular formula is C23H20FN3O6. The molecule has 6 rings (SSSR count). The fourth-order valence-electron chi connectivity index (χ4n) is 5.56. The first-order valence-corrected chi connectivity index (χ1v) is 10.6. The summed E-state index contributed by atoms with van der Waals surface area (Å²) in [5, 5.41) is 16.2. The summed E-state index contributed by atoms with van der Waals surface area (Å²) in [6.45, 7) is 1.56. The van der Waals surface area contributed by atoms with Crippen LogP contribution in [-0.2, 0) is 26.5 Å². The zero-order valence-corrected chi connectivity index (χ0v) is 17.5. The predicted molar refractivity (Wildman–Crippen MR) is 110 cm³/mol. The van der Waals surface area contributed by atoms with E-state index in [1.165, 1.54) is 25.1 Å². The lowest BCUT2D eigenvalue weighted by molar-refractivity contribution is -0.143. The van der Waals surface area contributed by atoms with Gasteiger partial charge in [-0.15, -0.1) is 0 Å². The van der Waals surface area contributed by atoms with Gasteiger partial charge in [0, 0.05) is 17.3 Å². The Bertz CT molecular complexity index is 1230. The number of aliphatic hydroxyl groups is 1. The van der Waals surface area contributed by atoms with E-state index in [1.54, 1.807) is 18.2 Å². The zero-order valence-electron chi connectivity index (χ0n) is 17.5. The molecule has 2 fully saturated rings. The maximum atomic E-state index is 14.2. The fraction of sp³-hybridized carbons (Fsp3) is 0.348. The number of amides is 3. The van der Waals surface area contributed by atoms with Crippen molar-refractivity contribution in [2.24, 2.45) is 11.8 Å². The second-order valence-corrected chi connectivity index (χ2v) is 8.82. The number of likely N-dealkylation sites (tertiary alicyclic amines) is 1. The smallest absolute Gasteiger partial charge is 0.250 e. The van der Waals surface area contributed by atoms with Crippen LogP contribution in [0.4, 0.5) is 10.1 Å². The molecule has 3 N–H and O–H groups in total. The molecule has 1 spiro atoms. The first kappa shape index (κ1) is 20.1. The van der Waals surface area contributed by atoms with Gasteiger partial charge in [-0.25, -0.2) is 4.39 Å². The number of rotatable bonds is 3. The van der Waals surface area contributed by atoms with Crippen LogP contribution in [-0.4, -0.2) is 46.7 Å². The molecule has 0 bridgehead atoms. The summed E-state index contributed by atoms with van der Waals surface area (Å²) in [6, 6.07) is 8.10. The molecule has 2 saturated heterocycles. The van der Waals surface area contributed by atoms with Crippen molar-refractivity contribution in [2.75, 3.05) is 12.1 Å². The summed E-state index contributed by atoms with van der Waals surface area (Å²) >= 11 is 0. The molecule has 0 aromatic heterocycles. The van der Waals surface area contributed by atoms with Gasteiger partial charge in [-0.1, -0.05) is 6.07 Å². The van der Waals surface area contributed by atoms with Crippen LogP contribution in [0.25, 0.3) is 0 Å². The van der Waals surface area contributed by atoms with E-state index in [0.29, 0.717) is 22.7 Å². The summed E-state index contributed by atoms with van der Waals surface area (Å²) in [4.78, 5) is 41.5. The highest BCUT2D eigenvalue weighted by atomic mass is 19.1. The maximum Gasteiger partial charge on any atom is 0.250 e. The fourth-order valence-corrected chi connectivity index (χ4v) is 5.56. The van der Waals surface area contributed by atoms with Crippen LogP contribution in [0.1, 0.15) is 18.1 Å². The SMILES string of the molecule is C[C@H](O)[C@H]1N[C@@]2(C(=O)Nc3ccc(F)cc32)[C@@H]2C(=O)N(Cc3ccc4c(c3)OCO4)C(=O)[C@H]12. The normalized spacial score (nSPS) is 30.1. The first-order valence-electron chi connectivity index (χ1n) is 10.6. The Kier molecular flexibility index (Phi) is 4.12. The van der Waals surface area contributed by atoms with Crippen LogP contribution in [0.3, 0.4) is 0 Å². The molecule has 0 aliphatic carbocycles. The number of aliphatic hydroxyl groups excluding tert-OH is 1. The molecule has 0 saturated carbocycles. The molecule has 2 aromatic carbocycles. The van der Waals surface area contributed by atoms with E-state index < -0.39 is 53.1 Å². The lowest BCUT2D eigenvalue weighted by atomic mass is 9.76. The molecule has 4 heterocycles. The molecule has 4 aliphatic heterocycles. The quantitative estimate of drug-likeness (QED) is 0.590. The Hall–Kier alpha value is -3.50. The Morgan fingerprint density at radius 2 is 1.94 bits per heavy atom. The second kappa shape index (κ2) is 6.75. The van der Waals surface area contributed by atoms with Gasteiger partial charge in [-0.3, -0.25) is 24.6 Å². The summed E-state index contributed by atoms with van der Waals surface area (Å²) < 4.78 is 24.9. The van der Waals surface area contributed by atoms with E-state index in [9.17, 15) is 23.9 Å². The highest BCUT2D eigenvalue weighted by molar-refractivity contribution is 6.15. The number of halogens is 1. The monoisotopic (exact) mass is 453 g/mol. The largest absolute Gasteiger partial charge is 0.454 e. The average Bonchev–Trinajstić information content (AvgIpc) is 3.51. The van der Waals surface area contributed by atoms with E-state index >= 15 is 0 Å². The third kappa shape index (κ3) is 2.61. The zero-order chi connectivity index (χ0) is 23.1. The highest BCUT2D eigenvalue weighted by Gasteiger charge is 2.71. The van der Waals surface area contributed by atoms with Crippen LogP contribution < -0.4 is 20.1 Å². The standard InChI is InChI=1S/C23H20FN3O6/c1-10(28)19-17-18(23(26-19)13-7-12(24)3-4-14(13)25-22(23)31)21(30)27(20(17)29)8-11-2-5-15-16(6-11)33-9-32-15/h2-7,10,17-19,26,28H,8-9H2,1H3,(H,25,31)/t10-,17-,18-,19+,23+/m0/s1. The number of carbonyl (C=O) groups excluding carboxylic acids is 3. The molecule has 2 aromatic rings. The Labute approximate surface area is 187 Å². The van der Waals surface area contributed by atoms with Crippen molar-refractivity contribution >= 4 is 23.4 Å². The minimum Gasteiger partial charge on any atom is -0.454 e. The second-order valence-electron chi connectivity index (χ2n) is 8.82. The van der Waals surface area contributed by atoms with E-state index in [2.05, 4.69) is 10.6 Å². The molecule has 0 unspecified atom stereocenters. The van der Waals surface area contributed by atoms with Gasteiger partial charge >= 0.3 is 0 Å². The number of hydrogen-bond acceptors (Lipinski definition) is 7. The highest BCUT2D eigenvalue weighted by Crippen LogP contribution is 2.53. The number of fused-ring (bicyclic) bond motifs is 5. The Morgan fingerprint density at radius 1 is 1.15 bits per heavy atom. The molecule has 0 radical (unpaired) electrons. The van der Waals surface area contributed by atoms with Crippen LogP contribution in [0, 0.1) is 17.7 Å². The van der Waals surface area contributed by atoms with Gasteiger partial charge in [0.25, 0.3) is 0 Å². The number of nitrogens with one attached hydrogen (secondary N) is 2. The van der Waals surface area contributed by atoms with Crippen LogP contribution in [0.5, 0.6) is 11.5 Å². The lowest BCUT2D eigenvalue weighted by Gasteiger charge is -2.30. The van der Waals surface area contributed by atoms with Gasteiger partial charge in [0.15, 0.2) is 11.5 Å². The van der Waals surface area contributed by atoms with Crippen molar-refractivity contribution < 1.29 is 33.4 Å². The van der Waals surface area contributed by atoms with Crippen molar-refractivity contribution in [1.29, 1.82) is 0 Å². The number of hydrogen-bond donors (Lipinski definition) is 3. The predicted octanol–water partition coefficient (Wildman–Crippen LogP) is 0.856. The summed E-state index contributed by atoms with van der Waals surface area (Å²) in [6.07, 6.45) is -1.04. The summed E-state index contributed by atoms with van der Waals surface area (Å²) in [5.41, 5.74) is -0.371. The van der Waals surface area contributed by atoms with Gasteiger partial charge in [0.2, 0.25) is 24.5 Å². The van der Waals surface area contributed by atoms with E-state index in [0.717, 1.165) is 4.90 Å².